The maximum Gasteiger partial charge on any atom is 0.326 e. The van der Waals surface area contributed by atoms with Crippen LogP contribution in [0.15, 0.2) is 6.07 Å². The summed E-state index contributed by atoms with van der Waals surface area (Å²) in [5.74, 6) is -2.03. The first kappa shape index (κ1) is 18.9. The topological polar surface area (TPSA) is 99.2 Å². The number of ether oxygens (including phenoxy) is 1. The van der Waals surface area contributed by atoms with Gasteiger partial charge in [0.1, 0.15) is 18.0 Å². The number of anilines is 1. The molecule has 0 spiro atoms. The number of nitrogens with zero attached hydrogens (tertiary/aromatic N) is 2. The molecular weight excluding hydrogens is 365 g/mol. The minimum atomic E-state index is -4.19. The first-order valence-corrected chi connectivity index (χ1v) is 9.85. The zero-order valence-corrected chi connectivity index (χ0v) is 15.3. The van der Waals surface area contributed by atoms with Gasteiger partial charge < -0.3 is 9.84 Å². The highest BCUT2D eigenvalue weighted by molar-refractivity contribution is 7.92. The Morgan fingerprint density at radius 1 is 1.35 bits per heavy atom. The molecule has 1 fully saturated rings. The molecule has 0 radical (unpaired) electrons. The van der Waals surface area contributed by atoms with Crippen molar-refractivity contribution in [3.05, 3.63) is 23.0 Å². The van der Waals surface area contributed by atoms with E-state index in [0.29, 0.717) is 35.0 Å². The lowest BCUT2D eigenvalue weighted by Crippen LogP contribution is -2.34. The maximum absolute atomic E-state index is 15.1. The highest BCUT2D eigenvalue weighted by Gasteiger charge is 2.38. The minimum absolute atomic E-state index is 0.330. The number of methoxy groups -OCH3 is 1. The molecule has 2 heterocycles. The third kappa shape index (κ3) is 3.62. The number of carbonyl (C=O) groups is 1. The zero-order chi connectivity index (χ0) is 18.9. The number of fused-ring (bicyclic) bond motifs is 1. The fourth-order valence-electron chi connectivity index (χ4n) is 3.35. The Kier molecular flexibility index (Phi) is 5.35. The van der Waals surface area contributed by atoms with Gasteiger partial charge in [0.25, 0.3) is 5.91 Å². The summed E-state index contributed by atoms with van der Waals surface area (Å²) in [4.78, 5) is 13.5. The molecule has 0 saturated carbocycles. The molecule has 1 aromatic rings. The average molecular weight is 387 g/mol. The molecule has 0 atom stereocenters. The van der Waals surface area contributed by atoms with Gasteiger partial charge in [0.2, 0.25) is 0 Å². The Hall–Kier alpha value is -1.91. The van der Waals surface area contributed by atoms with Crippen molar-refractivity contribution in [2.24, 2.45) is 0 Å². The lowest BCUT2D eigenvalue weighted by atomic mass is 9.97. The van der Waals surface area contributed by atoms with Crippen molar-refractivity contribution in [3.63, 3.8) is 0 Å². The van der Waals surface area contributed by atoms with Gasteiger partial charge in [0.05, 0.1) is 0 Å². The number of nitrogens with one attached hydrogen (secondary N) is 1. The third-order valence-corrected chi connectivity index (χ3v) is 6.01. The van der Waals surface area contributed by atoms with Crippen LogP contribution in [0.25, 0.3) is 0 Å². The Balaban J connectivity index is 1.86. The Morgan fingerprint density at radius 2 is 2.12 bits per heavy atom. The fraction of sp³-hybridized carbons (Fsp3) is 0.562. The van der Waals surface area contributed by atoms with Crippen LogP contribution >= 0.6 is 0 Å². The Morgan fingerprint density at radius 3 is 2.77 bits per heavy atom. The zero-order valence-electron chi connectivity index (χ0n) is 14.5. The van der Waals surface area contributed by atoms with Crippen molar-refractivity contribution in [1.82, 2.24) is 9.62 Å². The second-order valence-corrected chi connectivity index (χ2v) is 8.05. The van der Waals surface area contributed by atoms with Gasteiger partial charge in [-0.15, -0.1) is 0 Å². The summed E-state index contributed by atoms with van der Waals surface area (Å²) in [5.41, 5.74) is 0.557. The number of carbonyl (C=O) groups excluding carboxylic acids is 1. The first-order valence-electron chi connectivity index (χ1n) is 8.41. The van der Waals surface area contributed by atoms with Crippen molar-refractivity contribution in [2.75, 3.05) is 37.7 Å². The summed E-state index contributed by atoms with van der Waals surface area (Å²) in [6, 6.07) is 1.40. The molecule has 144 valence electrons. The quantitative estimate of drug-likeness (QED) is 0.690. The smallest absolute Gasteiger partial charge is 0.326 e. The molecule has 8 nitrogen and oxygen atoms in total. The number of unbranched alkanes of at least 4 members (excludes halogenated alkanes) is 1. The highest BCUT2D eigenvalue weighted by atomic mass is 32.2. The van der Waals surface area contributed by atoms with Crippen molar-refractivity contribution < 1.29 is 27.4 Å². The second kappa shape index (κ2) is 7.37. The predicted molar refractivity (Wildman–Crippen MR) is 92.6 cm³/mol. The molecule has 2 aliphatic rings. The monoisotopic (exact) mass is 387 g/mol. The number of phenols is 1. The summed E-state index contributed by atoms with van der Waals surface area (Å²) in [5, 5.41) is 10.2. The van der Waals surface area contributed by atoms with Gasteiger partial charge in [-0.2, -0.15) is 8.42 Å². The van der Waals surface area contributed by atoms with Crippen molar-refractivity contribution in [2.45, 2.75) is 25.8 Å². The van der Waals surface area contributed by atoms with E-state index in [1.807, 2.05) is 0 Å². The van der Waals surface area contributed by atoms with Crippen LogP contribution in [0.5, 0.6) is 5.75 Å². The lowest BCUT2D eigenvalue weighted by molar-refractivity contribution is -0.117. The molecule has 1 amide bonds. The van der Waals surface area contributed by atoms with Gasteiger partial charge in [-0.05, 0) is 37.4 Å². The summed E-state index contributed by atoms with van der Waals surface area (Å²) in [6.07, 6.45) is 2.38. The average Bonchev–Trinajstić information content (AvgIpc) is 2.84. The summed E-state index contributed by atoms with van der Waals surface area (Å²) in [6.45, 7) is 1.97. The number of rotatable bonds is 6. The molecular formula is C16H22FN3O5S. The Labute approximate surface area is 151 Å². The molecule has 2 aliphatic heterocycles. The van der Waals surface area contributed by atoms with Gasteiger partial charge in [0.15, 0.2) is 5.82 Å². The summed E-state index contributed by atoms with van der Waals surface area (Å²) in [7, 11) is -2.54. The SMILES string of the molecule is COCCCCN1CCc2cc(O)c(N3CC(=O)NS3(=O)=O)c(F)c2C1. The summed E-state index contributed by atoms with van der Waals surface area (Å²) < 4.78 is 46.5. The fourth-order valence-corrected chi connectivity index (χ4v) is 4.51. The van der Waals surface area contributed by atoms with Crippen molar-refractivity contribution in [1.29, 1.82) is 0 Å². The van der Waals surface area contributed by atoms with E-state index in [1.165, 1.54) is 6.07 Å². The van der Waals surface area contributed by atoms with Crippen molar-refractivity contribution in [3.8, 4) is 5.75 Å². The molecule has 0 unspecified atom stereocenters. The van der Waals surface area contributed by atoms with Gasteiger partial charge in [-0.25, -0.2) is 13.4 Å². The van der Waals surface area contributed by atoms with Crippen LogP contribution in [0, 0.1) is 5.82 Å². The summed E-state index contributed by atoms with van der Waals surface area (Å²) >= 11 is 0. The number of halogens is 1. The van der Waals surface area contributed by atoms with Gasteiger partial charge in [-0.1, -0.05) is 0 Å². The van der Waals surface area contributed by atoms with E-state index in [-0.39, 0.29) is 0 Å². The van der Waals surface area contributed by atoms with Crippen LogP contribution in [0.2, 0.25) is 0 Å². The largest absolute Gasteiger partial charge is 0.506 e. The molecule has 1 aromatic carbocycles. The molecule has 3 rings (SSSR count). The van der Waals surface area contributed by atoms with E-state index in [4.69, 9.17) is 4.74 Å². The number of aromatic hydroxyl groups is 1. The molecule has 0 bridgehead atoms. The number of phenolic OH excluding ortho intramolecular Hbond substituents is 1. The second-order valence-electron chi connectivity index (χ2n) is 6.46. The van der Waals surface area contributed by atoms with Crippen molar-refractivity contribution >= 4 is 21.8 Å². The molecule has 2 N–H and O–H groups in total. The molecule has 26 heavy (non-hydrogen) atoms. The van der Waals surface area contributed by atoms with Gasteiger partial charge >= 0.3 is 10.2 Å². The van der Waals surface area contributed by atoms with Crippen LogP contribution in [0.1, 0.15) is 24.0 Å². The Bertz CT molecular complexity index is 815. The van der Waals surface area contributed by atoms with E-state index in [2.05, 4.69) is 4.90 Å². The number of amides is 1. The van der Waals surface area contributed by atoms with Crippen LogP contribution < -0.4 is 9.03 Å². The van der Waals surface area contributed by atoms with E-state index in [9.17, 15) is 18.3 Å². The van der Waals surface area contributed by atoms with E-state index < -0.39 is 39.9 Å². The number of benzene rings is 1. The number of hydrogen-bond acceptors (Lipinski definition) is 6. The highest BCUT2D eigenvalue weighted by Crippen LogP contribution is 2.38. The molecule has 10 heteroatoms. The van der Waals surface area contributed by atoms with E-state index in [1.54, 1.807) is 11.8 Å². The lowest BCUT2D eigenvalue weighted by Gasteiger charge is -2.30. The normalized spacial score (nSPS) is 19.5. The molecule has 1 saturated heterocycles. The predicted octanol–water partition coefficient (Wildman–Crippen LogP) is 0.497. The van der Waals surface area contributed by atoms with Gasteiger partial charge in [-0.3, -0.25) is 9.69 Å². The number of hydrogen-bond donors (Lipinski definition) is 2. The molecule has 0 aromatic heterocycles. The van der Waals surface area contributed by atoms with Crippen LogP contribution in [0.4, 0.5) is 10.1 Å². The van der Waals surface area contributed by atoms with Crippen LogP contribution in [-0.4, -0.2) is 57.7 Å². The first-order chi connectivity index (χ1) is 12.3. The minimum Gasteiger partial charge on any atom is -0.506 e. The standard InChI is InChI=1S/C16H22FN3O5S/c1-25-7-3-2-5-19-6-4-11-8-13(21)16(15(17)12(11)9-19)20-10-14(22)18-26(20,23)24/h8,21H,2-7,9-10H2,1H3,(H,18,22). The third-order valence-electron chi connectivity index (χ3n) is 4.64. The van der Waals surface area contributed by atoms with Crippen LogP contribution in [-0.2, 0) is 32.7 Å². The van der Waals surface area contributed by atoms with E-state index in [0.717, 1.165) is 25.9 Å². The molecule has 0 aliphatic carbocycles. The maximum atomic E-state index is 15.1. The van der Waals surface area contributed by atoms with E-state index >= 15 is 4.39 Å². The van der Waals surface area contributed by atoms with Gasteiger partial charge in [0, 0.05) is 32.4 Å². The van der Waals surface area contributed by atoms with Crippen LogP contribution in [0.3, 0.4) is 0 Å².